The summed E-state index contributed by atoms with van der Waals surface area (Å²) in [5, 5.41) is 0. The van der Waals surface area contributed by atoms with Crippen molar-refractivity contribution in [3.63, 3.8) is 0 Å². The summed E-state index contributed by atoms with van der Waals surface area (Å²) in [6.07, 6.45) is 0. The Morgan fingerprint density at radius 1 is 1.10 bits per heavy atom. The van der Waals surface area contributed by atoms with E-state index in [1.54, 1.807) is 0 Å². The van der Waals surface area contributed by atoms with Crippen LogP contribution in [0.3, 0.4) is 0 Å². The van der Waals surface area contributed by atoms with Gasteiger partial charge in [0.2, 0.25) is 0 Å². The number of hydrogen-bond acceptors (Lipinski definition) is 5. The first kappa shape index (κ1) is 18.0. The van der Waals surface area contributed by atoms with Crippen LogP contribution in [-0.4, -0.2) is 17.5 Å². The van der Waals surface area contributed by atoms with Gasteiger partial charge in [0.15, 0.2) is 0 Å². The zero-order valence-electron chi connectivity index (χ0n) is 4.72. The van der Waals surface area contributed by atoms with Crippen LogP contribution in [0.2, 0.25) is 0 Å². The minimum absolute atomic E-state index is 0. The Labute approximate surface area is 108 Å². The van der Waals surface area contributed by atoms with Crippen molar-refractivity contribution in [3.05, 3.63) is 0 Å². The van der Waals surface area contributed by atoms with Gasteiger partial charge in [-0.3, -0.25) is 9.11 Å². The molecule has 0 atom stereocenters. The van der Waals surface area contributed by atoms with Crippen LogP contribution in [0.25, 0.3) is 0 Å². The number of halogens is 1. The molecule has 0 amide bonds. The van der Waals surface area contributed by atoms with Crippen LogP contribution in [0.4, 0.5) is 0 Å². The monoisotopic (exact) mass is 312 g/mol. The molecule has 2 N–H and O–H groups in total. The normalized spacial score (nSPS) is 9.40. The molecule has 0 aromatic rings. The molecule has 0 fully saturated rings. The molecule has 0 radical (unpaired) electrons. The molecule has 0 saturated heterocycles. The predicted octanol–water partition coefficient (Wildman–Crippen LogP) is -10.2. The molecule has 0 aliphatic heterocycles. The van der Waals surface area contributed by atoms with E-state index < -0.39 is 31.5 Å². The second-order valence-corrected chi connectivity index (χ2v) is 2.61. The quantitative estimate of drug-likeness (QED) is 0.257. The molecule has 0 aliphatic carbocycles. The summed E-state index contributed by atoms with van der Waals surface area (Å²) in [6.45, 7) is 0. The van der Waals surface area contributed by atoms with Crippen molar-refractivity contribution >= 4 is 10.4 Å². The molecule has 10 heavy (non-hydrogen) atoms. The Kier molecular flexibility index (Phi) is 16.6. The van der Waals surface area contributed by atoms with Crippen molar-refractivity contribution < 1.29 is 100 Å². The summed E-state index contributed by atoms with van der Waals surface area (Å²) in [7, 11) is -4.67. The molecule has 0 unspecified atom stereocenters. The zero-order valence-corrected chi connectivity index (χ0v) is 10.8. The maximum Gasteiger partial charge on any atom is 1.00 e. The first-order valence-corrected chi connectivity index (χ1v) is 5.20. The van der Waals surface area contributed by atoms with E-state index in [1.165, 1.54) is 0 Å². The molecule has 0 rings (SSSR count). The van der Waals surface area contributed by atoms with Gasteiger partial charge in [0, 0.05) is 0 Å². The fraction of sp³-hybridized carbons (Fsp3) is 0. The van der Waals surface area contributed by atoms with E-state index >= 15 is 0 Å². The Balaban J connectivity index is -0.0000000910. The Bertz CT molecular complexity index is 125. The third-order valence-electron chi connectivity index (χ3n) is 0. The van der Waals surface area contributed by atoms with Crippen LogP contribution in [0.1, 0.15) is 0 Å². The first-order valence-electron chi connectivity index (χ1n) is 1.16. The molecule has 7 nitrogen and oxygen atoms in total. The average Bonchev–Trinajstić information content (AvgIpc) is 1.19. The second-order valence-electron chi connectivity index (χ2n) is 0.637. The Morgan fingerprint density at radius 2 is 1.10 bits per heavy atom. The number of rotatable bonds is 0. The van der Waals surface area contributed by atoms with Crippen LogP contribution in [0.5, 0.6) is 0 Å². The third-order valence-corrected chi connectivity index (χ3v) is 0. The molecule has 10 heteroatoms. The largest absolute Gasteiger partial charge is 1.00 e. The fourth-order valence-electron chi connectivity index (χ4n) is 0. The molecule has 0 heterocycles. The third kappa shape index (κ3) is 188. The molecule has 0 aromatic heterocycles. The molecule has 0 saturated carbocycles. The maximum atomic E-state index is 8.74. The average molecular weight is 312 g/mol. The van der Waals surface area contributed by atoms with E-state index in [1.807, 2.05) is 0 Å². The van der Waals surface area contributed by atoms with E-state index in [-0.39, 0.29) is 51.4 Å². The van der Waals surface area contributed by atoms with Crippen LogP contribution < -0.4 is 82.8 Å². The van der Waals surface area contributed by atoms with E-state index in [0.717, 1.165) is 0 Å². The van der Waals surface area contributed by atoms with Crippen molar-refractivity contribution in [2.75, 3.05) is 0 Å². The van der Waals surface area contributed by atoms with Gasteiger partial charge in [-0.1, -0.05) is 0 Å². The SMILES string of the molecule is O=S(=O)(O)O.[K+].[O-][I+2]([O-])[O-]. The van der Waals surface area contributed by atoms with Gasteiger partial charge in [0.25, 0.3) is 21.1 Å². The van der Waals surface area contributed by atoms with Gasteiger partial charge >= 0.3 is 61.8 Å². The van der Waals surface area contributed by atoms with E-state index in [4.69, 9.17) is 27.8 Å². The van der Waals surface area contributed by atoms with E-state index in [2.05, 4.69) is 0 Å². The molecule has 0 aromatic carbocycles. The Morgan fingerprint density at radius 3 is 1.10 bits per heavy atom. The predicted molar refractivity (Wildman–Crippen MR) is 14.2 cm³/mol. The maximum absolute atomic E-state index is 8.74. The standard InChI is InChI=1S/IO3.K.H2O4S/c2-1(3)4;;1-5(2,3)4/h;;(H2,1,2,3,4)/q-1;+1;. The summed E-state index contributed by atoms with van der Waals surface area (Å²) in [6, 6.07) is 0. The van der Waals surface area contributed by atoms with Crippen LogP contribution >= 0.6 is 0 Å². The Hall–Kier alpha value is 2.12. The summed E-state index contributed by atoms with van der Waals surface area (Å²) in [5.41, 5.74) is 0. The van der Waals surface area contributed by atoms with Crippen LogP contribution in [0.15, 0.2) is 0 Å². The van der Waals surface area contributed by atoms with Gasteiger partial charge in [-0.2, -0.15) is 8.42 Å². The van der Waals surface area contributed by atoms with Gasteiger partial charge in [-0.15, -0.1) is 0 Å². The molecular weight excluding hydrogens is 310 g/mol. The fourth-order valence-corrected chi connectivity index (χ4v) is 0. The molecule has 0 bridgehead atoms. The van der Waals surface area contributed by atoms with Crippen molar-refractivity contribution in [2.45, 2.75) is 0 Å². The first-order chi connectivity index (χ1) is 3.73. The minimum Gasteiger partial charge on any atom is -0.427 e. The van der Waals surface area contributed by atoms with Gasteiger partial charge in [0.05, 0.1) is 0 Å². The van der Waals surface area contributed by atoms with Gasteiger partial charge in [0.1, 0.15) is 0 Å². The van der Waals surface area contributed by atoms with Crippen molar-refractivity contribution in [3.8, 4) is 0 Å². The topological polar surface area (TPSA) is 144 Å². The minimum atomic E-state index is -4.67. The summed E-state index contributed by atoms with van der Waals surface area (Å²) < 4.78 is 57.3. The van der Waals surface area contributed by atoms with Crippen molar-refractivity contribution in [2.24, 2.45) is 0 Å². The smallest absolute Gasteiger partial charge is 0.427 e. The summed E-state index contributed by atoms with van der Waals surface area (Å²) >= 11 is -4.01. The van der Waals surface area contributed by atoms with Crippen LogP contribution in [0, 0.1) is 0 Å². The van der Waals surface area contributed by atoms with E-state index in [9.17, 15) is 0 Å². The van der Waals surface area contributed by atoms with Crippen LogP contribution in [-0.2, 0) is 10.4 Å². The summed E-state index contributed by atoms with van der Waals surface area (Å²) in [4.78, 5) is 0. The molecule has 0 aliphatic rings. The number of hydrogen-bond donors (Lipinski definition) is 2. The van der Waals surface area contributed by atoms with Crippen molar-refractivity contribution in [1.82, 2.24) is 0 Å². The molecule has 58 valence electrons. The molecular formula is H2IKO7S. The van der Waals surface area contributed by atoms with E-state index in [0.29, 0.717) is 0 Å². The van der Waals surface area contributed by atoms with Gasteiger partial charge < -0.3 is 10.3 Å². The summed E-state index contributed by atoms with van der Waals surface area (Å²) in [5.74, 6) is 0. The van der Waals surface area contributed by atoms with Gasteiger partial charge in [-0.25, -0.2) is 0 Å². The van der Waals surface area contributed by atoms with Gasteiger partial charge in [-0.05, 0) is 0 Å². The zero-order chi connectivity index (χ0) is 8.08. The molecule has 0 spiro atoms. The van der Waals surface area contributed by atoms with Crippen molar-refractivity contribution in [1.29, 1.82) is 0 Å². The second kappa shape index (κ2) is 9.21.